The predicted molar refractivity (Wildman–Crippen MR) is 187 cm³/mol. The lowest BCUT2D eigenvalue weighted by Gasteiger charge is -2.35. The fraction of sp³-hybridized carbons (Fsp3) is 0.561. The summed E-state index contributed by atoms with van der Waals surface area (Å²) in [6.45, 7) is 34.4. The van der Waals surface area contributed by atoms with Gasteiger partial charge in [0.15, 0.2) is 0 Å². The van der Waals surface area contributed by atoms with Gasteiger partial charge < -0.3 is 0 Å². The Labute approximate surface area is 255 Å². The molecule has 0 spiro atoms. The molecule has 0 heterocycles. The van der Waals surface area contributed by atoms with Crippen LogP contribution in [0.3, 0.4) is 0 Å². The van der Waals surface area contributed by atoms with Crippen molar-refractivity contribution in [2.24, 2.45) is 16.2 Å². The Hall–Kier alpha value is -2.34. The summed E-state index contributed by atoms with van der Waals surface area (Å²) < 4.78 is 0. The van der Waals surface area contributed by atoms with E-state index in [2.05, 4.69) is 151 Å². The summed E-state index contributed by atoms with van der Waals surface area (Å²) >= 11 is 0. The number of rotatable bonds is 7. The Morgan fingerprint density at radius 3 is 2.05 bits per heavy atom. The predicted octanol–water partition coefficient (Wildman–Crippen LogP) is 13.1. The third-order valence-electron chi connectivity index (χ3n) is 8.66. The van der Waals surface area contributed by atoms with Crippen molar-refractivity contribution in [3.63, 3.8) is 0 Å². The summed E-state index contributed by atoms with van der Waals surface area (Å²) in [5, 5.41) is 0. The minimum atomic E-state index is 0.0272. The van der Waals surface area contributed by atoms with Crippen LogP contribution in [0.15, 0.2) is 83.0 Å². The average Bonchev–Trinajstić information content (AvgIpc) is 3.50. The SMILES string of the molecule is C/C=C(\C=C/C/C(=C/CC(C)(C)C)C1=C(C)C(C(C)(C)C2=CCC=C2)c2cc(C(C)(C)C)ccc21)C(C)(C)C.CC. The van der Waals surface area contributed by atoms with Crippen LogP contribution in [-0.4, -0.2) is 0 Å². The van der Waals surface area contributed by atoms with Gasteiger partial charge in [-0.3, -0.25) is 0 Å². The molecule has 1 unspecified atom stereocenters. The molecule has 0 aliphatic heterocycles. The minimum Gasteiger partial charge on any atom is -0.0839 e. The van der Waals surface area contributed by atoms with Crippen molar-refractivity contribution in [1.82, 2.24) is 0 Å². The molecule has 0 amide bonds. The van der Waals surface area contributed by atoms with Gasteiger partial charge in [-0.05, 0) is 93.8 Å². The van der Waals surface area contributed by atoms with Crippen LogP contribution in [-0.2, 0) is 5.41 Å². The Balaban J connectivity index is 0.00000287. The lowest BCUT2D eigenvalue weighted by atomic mass is 9.68. The van der Waals surface area contributed by atoms with E-state index in [4.69, 9.17) is 0 Å². The molecule has 2 aliphatic carbocycles. The van der Waals surface area contributed by atoms with E-state index in [1.165, 1.54) is 44.6 Å². The highest BCUT2D eigenvalue weighted by atomic mass is 14.5. The summed E-state index contributed by atoms with van der Waals surface area (Å²) in [5.74, 6) is 0.362. The van der Waals surface area contributed by atoms with Gasteiger partial charge in [0.1, 0.15) is 0 Å². The van der Waals surface area contributed by atoms with E-state index in [-0.39, 0.29) is 21.7 Å². The topological polar surface area (TPSA) is 0 Å². The fourth-order valence-corrected chi connectivity index (χ4v) is 6.35. The zero-order valence-electron chi connectivity index (χ0n) is 29.5. The number of hydrogen-bond donors (Lipinski definition) is 0. The van der Waals surface area contributed by atoms with Crippen molar-refractivity contribution in [2.75, 3.05) is 0 Å². The van der Waals surface area contributed by atoms with E-state index in [1.54, 1.807) is 0 Å². The summed E-state index contributed by atoms with van der Waals surface area (Å²) in [6, 6.07) is 7.35. The average molecular weight is 555 g/mol. The van der Waals surface area contributed by atoms with Crippen molar-refractivity contribution in [1.29, 1.82) is 0 Å². The Morgan fingerprint density at radius 2 is 1.56 bits per heavy atom. The molecule has 0 fully saturated rings. The summed E-state index contributed by atoms with van der Waals surface area (Å²) in [6.07, 6.45) is 19.7. The first-order valence-electron chi connectivity index (χ1n) is 16.1. The van der Waals surface area contributed by atoms with Gasteiger partial charge in [0.2, 0.25) is 0 Å². The molecule has 0 aromatic heterocycles. The molecular weight excluding hydrogens is 492 g/mol. The highest BCUT2D eigenvalue weighted by molar-refractivity contribution is 5.89. The Kier molecular flexibility index (Phi) is 11.3. The van der Waals surface area contributed by atoms with Crippen molar-refractivity contribution in [3.05, 3.63) is 99.7 Å². The first kappa shape index (κ1) is 34.9. The van der Waals surface area contributed by atoms with Gasteiger partial charge in [0.05, 0.1) is 0 Å². The van der Waals surface area contributed by atoms with E-state index >= 15 is 0 Å². The van der Waals surface area contributed by atoms with Gasteiger partial charge in [-0.15, -0.1) is 0 Å². The minimum absolute atomic E-state index is 0.0272. The van der Waals surface area contributed by atoms with Gasteiger partial charge in [-0.1, -0.05) is 156 Å². The third kappa shape index (κ3) is 8.37. The van der Waals surface area contributed by atoms with Crippen LogP contribution in [0, 0.1) is 16.2 Å². The largest absolute Gasteiger partial charge is 0.0839 e. The number of allylic oxidation sites excluding steroid dienone is 12. The summed E-state index contributed by atoms with van der Waals surface area (Å²) in [7, 11) is 0. The Morgan fingerprint density at radius 1 is 0.927 bits per heavy atom. The lowest BCUT2D eigenvalue weighted by Crippen LogP contribution is -2.24. The smallest absolute Gasteiger partial charge is 0.0152 e. The highest BCUT2D eigenvalue weighted by Gasteiger charge is 2.42. The monoisotopic (exact) mass is 554 g/mol. The standard InChI is InChI=1S/C39H56.C2H6/c1-14-29(37(6,7)8)21-17-18-28(24-25-36(3,4)5)34-27(2)35(39(12,13)30-19-15-16-20-30)33-26-31(38(9,10)11)22-23-32(33)34;1-2/h14-15,17,19-24,26,35H,16,18,25H2,1-13H3;1-2H3/b21-17-,28-24-,29-14+;. The third-order valence-corrected chi connectivity index (χ3v) is 8.66. The van der Waals surface area contributed by atoms with E-state index < -0.39 is 0 Å². The first-order valence-corrected chi connectivity index (χ1v) is 16.1. The molecular formula is C41H62. The lowest BCUT2D eigenvalue weighted by molar-refractivity contribution is 0.396. The normalized spacial score (nSPS) is 18.6. The molecule has 0 radical (unpaired) electrons. The maximum Gasteiger partial charge on any atom is 0.0152 e. The number of benzene rings is 1. The van der Waals surface area contributed by atoms with E-state index in [1.807, 2.05) is 13.8 Å². The molecule has 3 rings (SSSR count). The highest BCUT2D eigenvalue weighted by Crippen LogP contribution is 2.56. The van der Waals surface area contributed by atoms with Gasteiger partial charge >= 0.3 is 0 Å². The number of hydrogen-bond acceptors (Lipinski definition) is 0. The molecule has 0 saturated heterocycles. The van der Waals surface area contributed by atoms with Crippen molar-refractivity contribution < 1.29 is 0 Å². The van der Waals surface area contributed by atoms with Crippen LogP contribution in [0.2, 0.25) is 0 Å². The van der Waals surface area contributed by atoms with Crippen LogP contribution in [0.5, 0.6) is 0 Å². The summed E-state index contributed by atoms with van der Waals surface area (Å²) in [4.78, 5) is 0. The molecule has 1 aromatic carbocycles. The molecule has 41 heavy (non-hydrogen) atoms. The fourth-order valence-electron chi connectivity index (χ4n) is 6.35. The van der Waals surface area contributed by atoms with Gasteiger partial charge in [0, 0.05) is 5.92 Å². The maximum absolute atomic E-state index is 2.54. The molecule has 0 N–H and O–H groups in total. The molecule has 1 aromatic rings. The zero-order chi connectivity index (χ0) is 31.4. The van der Waals surface area contributed by atoms with Crippen LogP contribution in [0.25, 0.3) is 5.57 Å². The number of fused-ring (bicyclic) bond motifs is 1. The second-order valence-corrected chi connectivity index (χ2v) is 15.7. The van der Waals surface area contributed by atoms with Crippen molar-refractivity contribution in [3.8, 4) is 0 Å². The molecule has 226 valence electrons. The molecule has 0 nitrogen and oxygen atoms in total. The second-order valence-electron chi connectivity index (χ2n) is 15.7. The first-order chi connectivity index (χ1) is 18.9. The van der Waals surface area contributed by atoms with Crippen LogP contribution >= 0.6 is 0 Å². The molecule has 1 atom stereocenters. The Bertz CT molecular complexity index is 1240. The van der Waals surface area contributed by atoms with Gasteiger partial charge in [-0.2, -0.15) is 0 Å². The molecule has 0 heteroatoms. The van der Waals surface area contributed by atoms with Crippen molar-refractivity contribution >= 4 is 5.57 Å². The van der Waals surface area contributed by atoms with E-state index in [0.717, 1.165) is 19.3 Å². The quantitative estimate of drug-likeness (QED) is 0.294. The van der Waals surface area contributed by atoms with Crippen molar-refractivity contribution in [2.45, 2.75) is 134 Å². The van der Waals surface area contributed by atoms with Crippen LogP contribution in [0.4, 0.5) is 0 Å². The molecule has 0 saturated carbocycles. The second kappa shape index (κ2) is 13.3. The summed E-state index contributed by atoms with van der Waals surface area (Å²) in [5.41, 5.74) is 12.3. The molecule has 2 aliphatic rings. The van der Waals surface area contributed by atoms with E-state index in [9.17, 15) is 0 Å². The van der Waals surface area contributed by atoms with Gasteiger partial charge in [0.25, 0.3) is 0 Å². The molecule has 0 bridgehead atoms. The zero-order valence-corrected chi connectivity index (χ0v) is 29.5. The maximum atomic E-state index is 2.54. The van der Waals surface area contributed by atoms with E-state index in [0.29, 0.717) is 5.92 Å². The van der Waals surface area contributed by atoms with Crippen LogP contribution < -0.4 is 0 Å². The van der Waals surface area contributed by atoms with Gasteiger partial charge in [-0.25, -0.2) is 0 Å². The van der Waals surface area contributed by atoms with Crippen LogP contribution in [0.1, 0.15) is 146 Å².